The van der Waals surface area contributed by atoms with Crippen LogP contribution in [0.3, 0.4) is 0 Å². The molecule has 1 aliphatic carbocycles. The van der Waals surface area contributed by atoms with E-state index in [0.29, 0.717) is 12.5 Å². The summed E-state index contributed by atoms with van der Waals surface area (Å²) >= 11 is 0. The molecule has 112 valence electrons. The Morgan fingerprint density at radius 1 is 1.20 bits per heavy atom. The molecule has 0 amide bonds. The van der Waals surface area contributed by atoms with Crippen LogP contribution in [0.2, 0.25) is 0 Å². The summed E-state index contributed by atoms with van der Waals surface area (Å²) in [6.45, 7) is 6.92. The third-order valence-corrected chi connectivity index (χ3v) is 3.79. The van der Waals surface area contributed by atoms with Crippen LogP contribution in [0.1, 0.15) is 63.2 Å². The normalized spacial score (nSPS) is 16.6. The lowest BCUT2D eigenvalue weighted by Gasteiger charge is -2.22. The fourth-order valence-electron chi connectivity index (χ4n) is 2.78. The van der Waals surface area contributed by atoms with Crippen LogP contribution in [0, 0.1) is 5.92 Å². The zero-order valence-electron chi connectivity index (χ0n) is 12.8. The molecule has 1 aliphatic rings. The van der Waals surface area contributed by atoms with Crippen molar-refractivity contribution < 1.29 is 4.74 Å². The third kappa shape index (κ3) is 3.27. The number of nitrogen functional groups attached to an aromatic ring is 1. The Balaban J connectivity index is 2.41. The molecule has 20 heavy (non-hydrogen) atoms. The Morgan fingerprint density at radius 3 is 2.60 bits per heavy atom. The van der Waals surface area contributed by atoms with Crippen LogP contribution in [0.25, 0.3) is 0 Å². The number of nitrogens with zero attached hydrogens (tertiary/aromatic N) is 2. The van der Waals surface area contributed by atoms with E-state index in [1.54, 1.807) is 0 Å². The summed E-state index contributed by atoms with van der Waals surface area (Å²) in [5.41, 5.74) is 5.08. The highest BCUT2D eigenvalue weighted by molar-refractivity contribution is 5.46. The lowest BCUT2D eigenvalue weighted by Crippen LogP contribution is -2.20. The maximum Gasteiger partial charge on any atom is 0.160 e. The lowest BCUT2D eigenvalue weighted by molar-refractivity contribution is 0.0231. The fourth-order valence-corrected chi connectivity index (χ4v) is 2.78. The average molecular weight is 278 g/mol. The van der Waals surface area contributed by atoms with E-state index in [0.717, 1.165) is 30.2 Å². The van der Waals surface area contributed by atoms with Gasteiger partial charge in [-0.3, -0.25) is 0 Å². The number of nitrogens with one attached hydrogen (secondary N) is 1. The molecule has 5 heteroatoms. The van der Waals surface area contributed by atoms with Crippen molar-refractivity contribution in [3.05, 3.63) is 17.1 Å². The van der Waals surface area contributed by atoms with Gasteiger partial charge in [0.15, 0.2) is 5.82 Å². The second kappa shape index (κ2) is 6.99. The highest BCUT2D eigenvalue weighted by Crippen LogP contribution is 2.29. The number of rotatable bonds is 5. The smallest absolute Gasteiger partial charge is 0.160 e. The summed E-state index contributed by atoms with van der Waals surface area (Å²) in [6.07, 6.45) is 5.57. The molecule has 0 aromatic carbocycles. The molecule has 1 atom stereocenters. The number of aromatic nitrogens is 2. The van der Waals surface area contributed by atoms with Crippen LogP contribution < -0.4 is 11.3 Å². The zero-order chi connectivity index (χ0) is 14.5. The number of hydrazine groups is 1. The average Bonchev–Trinajstić information content (AvgIpc) is 2.68. The molecule has 0 spiro atoms. The van der Waals surface area contributed by atoms with Crippen molar-refractivity contribution in [2.45, 2.75) is 59.0 Å². The lowest BCUT2D eigenvalue weighted by atomic mass is 10.0. The van der Waals surface area contributed by atoms with Crippen molar-refractivity contribution in [3.63, 3.8) is 0 Å². The number of hydrogen-bond acceptors (Lipinski definition) is 5. The van der Waals surface area contributed by atoms with Crippen molar-refractivity contribution in [1.82, 2.24) is 9.97 Å². The Bertz CT molecular complexity index is 448. The van der Waals surface area contributed by atoms with E-state index >= 15 is 0 Å². The van der Waals surface area contributed by atoms with E-state index < -0.39 is 0 Å². The molecule has 0 fully saturated rings. The fraction of sp³-hybridized carbons (Fsp3) is 0.733. The Morgan fingerprint density at radius 2 is 1.95 bits per heavy atom. The summed E-state index contributed by atoms with van der Waals surface area (Å²) in [4.78, 5) is 9.40. The van der Waals surface area contributed by atoms with Crippen molar-refractivity contribution in [2.75, 3.05) is 12.0 Å². The molecule has 1 aromatic heterocycles. The monoisotopic (exact) mass is 278 g/mol. The zero-order valence-corrected chi connectivity index (χ0v) is 12.8. The molecule has 0 saturated heterocycles. The number of anilines is 1. The van der Waals surface area contributed by atoms with Crippen molar-refractivity contribution in [3.8, 4) is 0 Å². The molecular weight excluding hydrogens is 252 g/mol. The number of hydrogen-bond donors (Lipinski definition) is 2. The summed E-state index contributed by atoms with van der Waals surface area (Å²) < 4.78 is 5.82. The van der Waals surface area contributed by atoms with Gasteiger partial charge in [0.25, 0.3) is 0 Å². The van der Waals surface area contributed by atoms with Crippen LogP contribution >= 0.6 is 0 Å². The minimum Gasteiger partial charge on any atom is -0.370 e. The number of nitrogens with two attached hydrogens (primary N) is 1. The summed E-state index contributed by atoms with van der Waals surface area (Å²) in [5, 5.41) is 0. The van der Waals surface area contributed by atoms with Gasteiger partial charge in [0.1, 0.15) is 11.9 Å². The van der Waals surface area contributed by atoms with E-state index in [2.05, 4.69) is 24.3 Å². The second-order valence-corrected chi connectivity index (χ2v) is 5.68. The van der Waals surface area contributed by atoms with Crippen LogP contribution in [0.15, 0.2) is 0 Å². The summed E-state index contributed by atoms with van der Waals surface area (Å²) in [7, 11) is 0. The van der Waals surface area contributed by atoms with Gasteiger partial charge in [-0.25, -0.2) is 15.8 Å². The molecule has 0 aliphatic heterocycles. The van der Waals surface area contributed by atoms with Crippen molar-refractivity contribution >= 4 is 5.82 Å². The van der Waals surface area contributed by atoms with E-state index in [1.807, 2.05) is 6.92 Å². The molecule has 1 heterocycles. The first-order valence-corrected chi connectivity index (χ1v) is 7.65. The predicted molar refractivity (Wildman–Crippen MR) is 80.3 cm³/mol. The van der Waals surface area contributed by atoms with Gasteiger partial charge in [-0.05, 0) is 38.5 Å². The highest BCUT2D eigenvalue weighted by atomic mass is 16.5. The standard InChI is InChI=1S/C15H26N4O/c1-4-20-13(10(2)3)15-17-12-9-7-5-6-8-11(12)14(18-15)19-16/h10,13H,4-9,16H2,1-3H3,(H,17,18,19). The molecule has 0 bridgehead atoms. The number of aryl methyl sites for hydroxylation is 1. The predicted octanol–water partition coefficient (Wildman–Crippen LogP) is 2.76. The van der Waals surface area contributed by atoms with Crippen LogP contribution in [0.4, 0.5) is 5.82 Å². The van der Waals surface area contributed by atoms with Crippen LogP contribution in [-0.2, 0) is 17.6 Å². The van der Waals surface area contributed by atoms with Crippen molar-refractivity contribution in [2.24, 2.45) is 11.8 Å². The number of fused-ring (bicyclic) bond motifs is 1. The van der Waals surface area contributed by atoms with Gasteiger partial charge in [0.2, 0.25) is 0 Å². The van der Waals surface area contributed by atoms with Gasteiger partial charge in [0.05, 0.1) is 0 Å². The quantitative estimate of drug-likeness (QED) is 0.492. The number of ether oxygens (including phenoxy) is 1. The van der Waals surface area contributed by atoms with Gasteiger partial charge in [-0.15, -0.1) is 0 Å². The van der Waals surface area contributed by atoms with E-state index in [-0.39, 0.29) is 6.10 Å². The molecular formula is C15H26N4O. The minimum absolute atomic E-state index is 0.0688. The van der Waals surface area contributed by atoms with E-state index in [9.17, 15) is 0 Å². The molecule has 1 aromatic rings. The molecule has 0 saturated carbocycles. The molecule has 3 N–H and O–H groups in total. The molecule has 1 unspecified atom stereocenters. The third-order valence-electron chi connectivity index (χ3n) is 3.79. The maximum absolute atomic E-state index is 5.82. The topological polar surface area (TPSA) is 73.1 Å². The largest absolute Gasteiger partial charge is 0.370 e. The first kappa shape index (κ1) is 15.2. The highest BCUT2D eigenvalue weighted by Gasteiger charge is 2.23. The van der Waals surface area contributed by atoms with Gasteiger partial charge in [-0.2, -0.15) is 0 Å². The van der Waals surface area contributed by atoms with Gasteiger partial charge < -0.3 is 10.2 Å². The summed E-state index contributed by atoms with van der Waals surface area (Å²) in [5.74, 6) is 7.54. The Kier molecular flexibility index (Phi) is 5.31. The van der Waals surface area contributed by atoms with Gasteiger partial charge >= 0.3 is 0 Å². The second-order valence-electron chi connectivity index (χ2n) is 5.68. The van der Waals surface area contributed by atoms with Crippen LogP contribution in [0.5, 0.6) is 0 Å². The minimum atomic E-state index is -0.0688. The van der Waals surface area contributed by atoms with Crippen molar-refractivity contribution in [1.29, 1.82) is 0 Å². The first-order chi connectivity index (χ1) is 9.67. The first-order valence-electron chi connectivity index (χ1n) is 7.65. The van der Waals surface area contributed by atoms with Gasteiger partial charge in [-0.1, -0.05) is 20.3 Å². The van der Waals surface area contributed by atoms with E-state index in [1.165, 1.54) is 24.8 Å². The van der Waals surface area contributed by atoms with Gasteiger partial charge in [0, 0.05) is 17.9 Å². The molecule has 2 rings (SSSR count). The molecule has 0 radical (unpaired) electrons. The summed E-state index contributed by atoms with van der Waals surface area (Å²) in [6, 6.07) is 0. The van der Waals surface area contributed by atoms with Crippen LogP contribution in [-0.4, -0.2) is 16.6 Å². The molecule has 5 nitrogen and oxygen atoms in total. The SMILES string of the molecule is CCOC(c1nc2c(c(NN)n1)CCCCC2)C(C)C. The maximum atomic E-state index is 5.82. The Labute approximate surface area is 121 Å². The Hall–Kier alpha value is -1.20. The van der Waals surface area contributed by atoms with E-state index in [4.69, 9.17) is 15.6 Å².